The zero-order chi connectivity index (χ0) is 14.5. The highest BCUT2D eigenvalue weighted by Gasteiger charge is 2.12. The largest absolute Gasteiger partial charge is 0.374 e. The Hall–Kier alpha value is -1.07. The Kier molecular flexibility index (Phi) is 5.82. The fourth-order valence-electron chi connectivity index (χ4n) is 2.06. The number of rotatable bonds is 7. The summed E-state index contributed by atoms with van der Waals surface area (Å²) in [4.78, 5) is 2.54. The SMILES string of the molecule is CCS(=O)(=O)c1ccc(N(C)CC(C)CNC)cc1. The second kappa shape index (κ2) is 6.91. The normalized spacial score (nSPS) is 13.3. The van der Waals surface area contributed by atoms with Gasteiger partial charge in [0.15, 0.2) is 9.84 Å². The lowest BCUT2D eigenvalue weighted by molar-refractivity contribution is 0.542. The third-order valence-corrected chi connectivity index (χ3v) is 4.91. The molecule has 0 amide bonds. The van der Waals surface area contributed by atoms with Crippen LogP contribution in [-0.2, 0) is 9.84 Å². The number of sulfone groups is 1. The first-order valence-corrected chi connectivity index (χ1v) is 8.24. The number of benzene rings is 1. The highest BCUT2D eigenvalue weighted by Crippen LogP contribution is 2.18. The maximum Gasteiger partial charge on any atom is 0.178 e. The Labute approximate surface area is 116 Å². The van der Waals surface area contributed by atoms with E-state index >= 15 is 0 Å². The van der Waals surface area contributed by atoms with E-state index in [-0.39, 0.29) is 5.75 Å². The van der Waals surface area contributed by atoms with Crippen LogP contribution in [0.2, 0.25) is 0 Å². The number of anilines is 1. The first-order chi connectivity index (χ1) is 8.90. The third-order valence-electron chi connectivity index (χ3n) is 3.15. The summed E-state index contributed by atoms with van der Waals surface area (Å²) in [6.07, 6.45) is 0. The fraction of sp³-hybridized carbons (Fsp3) is 0.571. The molecule has 0 spiro atoms. The number of hydrogen-bond donors (Lipinski definition) is 1. The van der Waals surface area contributed by atoms with Gasteiger partial charge in [0.05, 0.1) is 10.6 Å². The second-order valence-corrected chi connectivity index (χ2v) is 7.22. The highest BCUT2D eigenvalue weighted by molar-refractivity contribution is 7.91. The van der Waals surface area contributed by atoms with Crippen LogP contribution in [0.4, 0.5) is 5.69 Å². The van der Waals surface area contributed by atoms with Crippen molar-refractivity contribution in [2.24, 2.45) is 5.92 Å². The van der Waals surface area contributed by atoms with Crippen molar-refractivity contribution in [2.75, 3.05) is 37.8 Å². The Morgan fingerprint density at radius 2 is 1.84 bits per heavy atom. The van der Waals surface area contributed by atoms with Crippen molar-refractivity contribution < 1.29 is 8.42 Å². The quantitative estimate of drug-likeness (QED) is 0.829. The average Bonchev–Trinajstić information content (AvgIpc) is 2.39. The van der Waals surface area contributed by atoms with Gasteiger partial charge in [0.25, 0.3) is 0 Å². The standard InChI is InChI=1S/C14H24N2O2S/c1-5-19(17,18)14-8-6-13(7-9-14)16(4)11-12(2)10-15-3/h6-9,12,15H,5,10-11H2,1-4H3. The summed E-state index contributed by atoms with van der Waals surface area (Å²) in [5.74, 6) is 0.676. The average molecular weight is 284 g/mol. The van der Waals surface area contributed by atoms with Crippen molar-refractivity contribution in [3.8, 4) is 0 Å². The van der Waals surface area contributed by atoms with E-state index in [1.807, 2.05) is 26.2 Å². The lowest BCUT2D eigenvalue weighted by atomic mass is 10.1. The lowest BCUT2D eigenvalue weighted by Crippen LogP contribution is -2.29. The van der Waals surface area contributed by atoms with Gasteiger partial charge in [-0.05, 0) is 43.8 Å². The first kappa shape index (κ1) is 16.0. The molecule has 0 radical (unpaired) electrons. The molecule has 0 saturated carbocycles. The van der Waals surface area contributed by atoms with Crippen molar-refractivity contribution in [1.82, 2.24) is 5.32 Å². The van der Waals surface area contributed by atoms with E-state index in [2.05, 4.69) is 17.1 Å². The molecule has 1 N–H and O–H groups in total. The van der Waals surface area contributed by atoms with E-state index in [0.717, 1.165) is 18.8 Å². The van der Waals surface area contributed by atoms with Gasteiger partial charge in [0.1, 0.15) is 0 Å². The minimum absolute atomic E-state index is 0.140. The second-order valence-electron chi connectivity index (χ2n) is 4.94. The molecule has 1 aromatic carbocycles. The third kappa shape index (κ3) is 4.51. The van der Waals surface area contributed by atoms with Crippen LogP contribution in [-0.4, -0.2) is 41.4 Å². The van der Waals surface area contributed by atoms with E-state index in [0.29, 0.717) is 10.8 Å². The van der Waals surface area contributed by atoms with Crippen molar-refractivity contribution in [2.45, 2.75) is 18.7 Å². The summed E-state index contributed by atoms with van der Waals surface area (Å²) in [5.41, 5.74) is 1.04. The van der Waals surface area contributed by atoms with Crippen LogP contribution in [0, 0.1) is 5.92 Å². The van der Waals surface area contributed by atoms with Crippen LogP contribution in [0.25, 0.3) is 0 Å². The van der Waals surface area contributed by atoms with Gasteiger partial charge in [-0.25, -0.2) is 8.42 Å². The molecule has 0 bridgehead atoms. The summed E-state index contributed by atoms with van der Waals surface area (Å²) >= 11 is 0. The molecule has 4 nitrogen and oxygen atoms in total. The Bertz CT molecular complexity index is 483. The molecule has 1 rings (SSSR count). The molecule has 1 atom stereocenters. The molecule has 0 aromatic heterocycles. The smallest absolute Gasteiger partial charge is 0.178 e. The van der Waals surface area contributed by atoms with Gasteiger partial charge in [-0.3, -0.25) is 0 Å². The Morgan fingerprint density at radius 1 is 1.26 bits per heavy atom. The number of nitrogens with zero attached hydrogens (tertiary/aromatic N) is 1. The lowest BCUT2D eigenvalue weighted by Gasteiger charge is -2.23. The molecular formula is C14H24N2O2S. The van der Waals surface area contributed by atoms with Crippen LogP contribution in [0.3, 0.4) is 0 Å². The minimum atomic E-state index is -3.10. The van der Waals surface area contributed by atoms with Crippen molar-refractivity contribution >= 4 is 15.5 Å². The van der Waals surface area contributed by atoms with Crippen LogP contribution in [0.1, 0.15) is 13.8 Å². The first-order valence-electron chi connectivity index (χ1n) is 6.59. The Balaban J connectivity index is 2.76. The van der Waals surface area contributed by atoms with Gasteiger partial charge < -0.3 is 10.2 Å². The zero-order valence-corrected chi connectivity index (χ0v) is 13.0. The topological polar surface area (TPSA) is 49.4 Å². The Morgan fingerprint density at radius 3 is 2.32 bits per heavy atom. The molecule has 0 aliphatic carbocycles. The van der Waals surface area contributed by atoms with Gasteiger partial charge in [0.2, 0.25) is 0 Å². The summed E-state index contributed by atoms with van der Waals surface area (Å²) in [7, 11) is 0.868. The molecular weight excluding hydrogens is 260 g/mol. The van der Waals surface area contributed by atoms with Crippen LogP contribution >= 0.6 is 0 Å². The predicted octanol–water partition coefficient (Wildman–Crippen LogP) is 1.77. The van der Waals surface area contributed by atoms with Crippen molar-refractivity contribution in [3.05, 3.63) is 24.3 Å². The molecule has 0 heterocycles. The van der Waals surface area contributed by atoms with E-state index in [4.69, 9.17) is 0 Å². The molecule has 0 saturated heterocycles. The molecule has 1 unspecified atom stereocenters. The molecule has 1 aromatic rings. The fourth-order valence-corrected chi connectivity index (χ4v) is 2.94. The molecule has 0 aliphatic heterocycles. The molecule has 0 fully saturated rings. The summed E-state index contributed by atoms with van der Waals surface area (Å²) in [6, 6.07) is 7.12. The maximum absolute atomic E-state index is 11.7. The van der Waals surface area contributed by atoms with Crippen molar-refractivity contribution in [1.29, 1.82) is 0 Å². The zero-order valence-electron chi connectivity index (χ0n) is 12.2. The summed E-state index contributed by atoms with van der Waals surface area (Å²) in [5, 5.41) is 3.15. The van der Waals surface area contributed by atoms with E-state index in [1.54, 1.807) is 19.1 Å². The van der Waals surface area contributed by atoms with Gasteiger partial charge in [0, 0.05) is 19.3 Å². The minimum Gasteiger partial charge on any atom is -0.374 e. The highest BCUT2D eigenvalue weighted by atomic mass is 32.2. The van der Waals surface area contributed by atoms with Crippen LogP contribution < -0.4 is 10.2 Å². The molecule has 19 heavy (non-hydrogen) atoms. The number of nitrogens with one attached hydrogen (secondary N) is 1. The van der Waals surface area contributed by atoms with Gasteiger partial charge >= 0.3 is 0 Å². The molecule has 5 heteroatoms. The summed E-state index contributed by atoms with van der Waals surface area (Å²) < 4.78 is 23.4. The van der Waals surface area contributed by atoms with Gasteiger partial charge in [-0.1, -0.05) is 13.8 Å². The van der Waals surface area contributed by atoms with Gasteiger partial charge in [-0.15, -0.1) is 0 Å². The van der Waals surface area contributed by atoms with Crippen LogP contribution in [0.15, 0.2) is 29.2 Å². The molecule has 108 valence electrons. The summed E-state index contributed by atoms with van der Waals surface area (Å²) in [6.45, 7) is 5.74. The van der Waals surface area contributed by atoms with Crippen molar-refractivity contribution in [3.63, 3.8) is 0 Å². The maximum atomic E-state index is 11.7. The van der Waals surface area contributed by atoms with Gasteiger partial charge in [-0.2, -0.15) is 0 Å². The van der Waals surface area contributed by atoms with Crippen LogP contribution in [0.5, 0.6) is 0 Å². The van der Waals surface area contributed by atoms with E-state index in [1.165, 1.54) is 0 Å². The number of hydrogen-bond acceptors (Lipinski definition) is 4. The monoisotopic (exact) mass is 284 g/mol. The molecule has 0 aliphatic rings. The van der Waals surface area contributed by atoms with E-state index < -0.39 is 9.84 Å². The van der Waals surface area contributed by atoms with E-state index in [9.17, 15) is 8.42 Å². The predicted molar refractivity (Wildman–Crippen MR) is 80.5 cm³/mol.